The third-order valence-electron chi connectivity index (χ3n) is 4.39. The van der Waals surface area contributed by atoms with Crippen molar-refractivity contribution >= 4 is 11.8 Å². The fourth-order valence-corrected chi connectivity index (χ4v) is 3.30. The highest BCUT2D eigenvalue weighted by molar-refractivity contribution is 6.05. The molecule has 1 aliphatic heterocycles. The summed E-state index contributed by atoms with van der Waals surface area (Å²) in [4.78, 5) is 26.1. The Kier molecular flexibility index (Phi) is 4.38. The lowest BCUT2D eigenvalue weighted by molar-refractivity contribution is -0.141. The second kappa shape index (κ2) is 5.83. The number of rotatable bonds is 4. The Labute approximate surface area is 109 Å². The van der Waals surface area contributed by atoms with Crippen molar-refractivity contribution in [3.8, 4) is 0 Å². The number of imide groups is 1. The summed E-state index contributed by atoms with van der Waals surface area (Å²) in [7, 11) is 0. The topological polar surface area (TPSA) is 63.4 Å². The van der Waals surface area contributed by atoms with Crippen LogP contribution in [0.1, 0.15) is 57.8 Å². The van der Waals surface area contributed by atoms with Gasteiger partial charge in [0.15, 0.2) is 0 Å². The molecule has 1 aliphatic carbocycles. The average molecular weight is 252 g/mol. The first kappa shape index (κ1) is 13.5. The second-order valence-corrected chi connectivity index (χ2v) is 5.72. The molecule has 2 amide bonds. The molecule has 2 aliphatic rings. The molecule has 0 bridgehead atoms. The van der Waals surface area contributed by atoms with Crippen LogP contribution in [0.15, 0.2) is 0 Å². The molecule has 0 aromatic rings. The summed E-state index contributed by atoms with van der Waals surface area (Å²) in [6.07, 6.45) is 8.58. The summed E-state index contributed by atoms with van der Waals surface area (Å²) in [6.45, 7) is 1.19. The van der Waals surface area contributed by atoms with Crippen molar-refractivity contribution in [3.05, 3.63) is 0 Å². The summed E-state index contributed by atoms with van der Waals surface area (Å²) in [5.41, 5.74) is 5.11. The molecule has 0 radical (unpaired) electrons. The van der Waals surface area contributed by atoms with Gasteiger partial charge in [0.05, 0.1) is 5.41 Å². The third-order valence-corrected chi connectivity index (χ3v) is 4.39. The summed E-state index contributed by atoms with van der Waals surface area (Å²) in [5, 5.41) is 0. The van der Waals surface area contributed by atoms with Crippen LogP contribution < -0.4 is 5.73 Å². The van der Waals surface area contributed by atoms with Crippen LogP contribution in [0, 0.1) is 5.41 Å². The summed E-state index contributed by atoms with van der Waals surface area (Å²) < 4.78 is 0. The number of likely N-dealkylation sites (tertiary alicyclic amines) is 1. The van der Waals surface area contributed by atoms with E-state index in [1.54, 1.807) is 0 Å². The number of unbranched alkanes of at least 4 members (excludes halogenated alkanes) is 1. The van der Waals surface area contributed by atoms with Gasteiger partial charge in [-0.25, -0.2) is 0 Å². The van der Waals surface area contributed by atoms with E-state index in [-0.39, 0.29) is 17.2 Å². The van der Waals surface area contributed by atoms with Crippen molar-refractivity contribution < 1.29 is 9.59 Å². The van der Waals surface area contributed by atoms with Crippen molar-refractivity contribution in [2.45, 2.75) is 57.8 Å². The van der Waals surface area contributed by atoms with Crippen molar-refractivity contribution in [1.82, 2.24) is 4.90 Å². The molecule has 1 saturated carbocycles. The first-order valence-corrected chi connectivity index (χ1v) is 7.24. The van der Waals surface area contributed by atoms with Crippen LogP contribution >= 0.6 is 0 Å². The van der Waals surface area contributed by atoms with Gasteiger partial charge >= 0.3 is 0 Å². The van der Waals surface area contributed by atoms with Crippen LogP contribution in [0.4, 0.5) is 0 Å². The highest BCUT2D eigenvalue weighted by atomic mass is 16.2. The minimum absolute atomic E-state index is 0.0407. The van der Waals surface area contributed by atoms with E-state index in [9.17, 15) is 9.59 Å². The number of nitrogens with zero attached hydrogens (tertiary/aromatic N) is 1. The first-order chi connectivity index (χ1) is 8.69. The van der Waals surface area contributed by atoms with Gasteiger partial charge < -0.3 is 5.73 Å². The van der Waals surface area contributed by atoms with Crippen molar-refractivity contribution in [2.75, 3.05) is 13.1 Å². The molecule has 4 nitrogen and oxygen atoms in total. The molecule has 2 fully saturated rings. The molecule has 0 aromatic heterocycles. The van der Waals surface area contributed by atoms with E-state index in [2.05, 4.69) is 0 Å². The predicted molar refractivity (Wildman–Crippen MR) is 69.8 cm³/mol. The fraction of sp³-hybridized carbons (Fsp3) is 0.857. The van der Waals surface area contributed by atoms with Crippen LogP contribution in [0.3, 0.4) is 0 Å². The van der Waals surface area contributed by atoms with Crippen LogP contribution in [0.5, 0.6) is 0 Å². The van der Waals surface area contributed by atoms with Gasteiger partial charge in [-0.2, -0.15) is 0 Å². The molecule has 0 aromatic carbocycles. The minimum atomic E-state index is -0.337. The largest absolute Gasteiger partial charge is 0.330 e. The highest BCUT2D eigenvalue weighted by Gasteiger charge is 2.50. The SMILES string of the molecule is NCCCCN1C(=O)CC2(CCCCCC2)C1=O. The maximum atomic E-state index is 12.5. The Morgan fingerprint density at radius 2 is 1.72 bits per heavy atom. The van der Waals surface area contributed by atoms with E-state index < -0.39 is 0 Å². The zero-order chi connectivity index (χ0) is 13.0. The number of hydrogen-bond donors (Lipinski definition) is 1. The Balaban J connectivity index is 2.02. The zero-order valence-electron chi connectivity index (χ0n) is 11.1. The van der Waals surface area contributed by atoms with Crippen molar-refractivity contribution in [2.24, 2.45) is 11.1 Å². The van der Waals surface area contributed by atoms with Crippen LogP contribution in [0.25, 0.3) is 0 Å². The van der Waals surface area contributed by atoms with Gasteiger partial charge in [-0.15, -0.1) is 0 Å². The van der Waals surface area contributed by atoms with Gasteiger partial charge in [0.2, 0.25) is 11.8 Å². The van der Waals surface area contributed by atoms with E-state index >= 15 is 0 Å². The molecular weight excluding hydrogens is 228 g/mol. The van der Waals surface area contributed by atoms with Gasteiger partial charge in [-0.1, -0.05) is 25.7 Å². The molecule has 102 valence electrons. The monoisotopic (exact) mass is 252 g/mol. The molecule has 1 spiro atoms. The number of carbonyl (C=O) groups excluding carboxylic acids is 2. The number of carbonyl (C=O) groups is 2. The maximum Gasteiger partial charge on any atom is 0.235 e. The summed E-state index contributed by atoms with van der Waals surface area (Å²) >= 11 is 0. The lowest BCUT2D eigenvalue weighted by Crippen LogP contribution is -2.36. The van der Waals surface area contributed by atoms with Gasteiger partial charge in [0, 0.05) is 13.0 Å². The molecule has 4 heteroatoms. The molecule has 1 heterocycles. The van der Waals surface area contributed by atoms with E-state index in [4.69, 9.17) is 5.73 Å². The highest BCUT2D eigenvalue weighted by Crippen LogP contribution is 2.44. The third kappa shape index (κ3) is 2.58. The molecule has 0 unspecified atom stereocenters. The fourth-order valence-electron chi connectivity index (χ4n) is 3.30. The quantitative estimate of drug-likeness (QED) is 0.613. The van der Waals surface area contributed by atoms with E-state index in [0.29, 0.717) is 19.5 Å². The second-order valence-electron chi connectivity index (χ2n) is 5.72. The number of nitrogens with two attached hydrogens (primary N) is 1. The molecule has 2 rings (SSSR count). The van der Waals surface area contributed by atoms with Gasteiger partial charge in [0.1, 0.15) is 0 Å². The number of hydrogen-bond acceptors (Lipinski definition) is 3. The molecule has 2 N–H and O–H groups in total. The first-order valence-electron chi connectivity index (χ1n) is 7.24. The van der Waals surface area contributed by atoms with Crippen LogP contribution in [-0.2, 0) is 9.59 Å². The molecular formula is C14H24N2O2. The Morgan fingerprint density at radius 3 is 2.33 bits per heavy atom. The van der Waals surface area contributed by atoms with Crippen LogP contribution in [-0.4, -0.2) is 29.8 Å². The van der Waals surface area contributed by atoms with Crippen molar-refractivity contribution in [1.29, 1.82) is 0 Å². The van der Waals surface area contributed by atoms with Gasteiger partial charge in [-0.3, -0.25) is 14.5 Å². The number of amides is 2. The average Bonchev–Trinajstić information content (AvgIpc) is 2.55. The van der Waals surface area contributed by atoms with E-state index in [0.717, 1.165) is 38.5 Å². The molecule has 0 atom stereocenters. The molecule has 18 heavy (non-hydrogen) atoms. The Bertz CT molecular complexity index is 320. The lowest BCUT2D eigenvalue weighted by Gasteiger charge is -2.25. The smallest absolute Gasteiger partial charge is 0.235 e. The maximum absolute atomic E-state index is 12.5. The minimum Gasteiger partial charge on any atom is -0.330 e. The van der Waals surface area contributed by atoms with Gasteiger partial charge in [-0.05, 0) is 32.2 Å². The predicted octanol–water partition coefficient (Wildman–Crippen LogP) is 1.82. The standard InChI is InChI=1S/C14H24N2O2/c15-9-5-6-10-16-12(17)11-14(13(16)18)7-3-1-2-4-8-14/h1-11,15H2. The van der Waals surface area contributed by atoms with Crippen molar-refractivity contribution in [3.63, 3.8) is 0 Å². The Hall–Kier alpha value is -0.900. The lowest BCUT2D eigenvalue weighted by atomic mass is 9.79. The van der Waals surface area contributed by atoms with Gasteiger partial charge in [0.25, 0.3) is 0 Å². The van der Waals surface area contributed by atoms with E-state index in [1.165, 1.54) is 17.7 Å². The normalized spacial score (nSPS) is 23.7. The zero-order valence-corrected chi connectivity index (χ0v) is 11.1. The Morgan fingerprint density at radius 1 is 1.06 bits per heavy atom. The molecule has 1 saturated heterocycles. The van der Waals surface area contributed by atoms with Crippen LogP contribution in [0.2, 0.25) is 0 Å². The summed E-state index contributed by atoms with van der Waals surface area (Å²) in [5.74, 6) is 0.144. The van der Waals surface area contributed by atoms with E-state index in [1.807, 2.05) is 0 Å². The summed E-state index contributed by atoms with van der Waals surface area (Å²) in [6, 6.07) is 0.